The highest BCUT2D eigenvalue weighted by Gasteiger charge is 2.08. The summed E-state index contributed by atoms with van der Waals surface area (Å²) in [5, 5.41) is 3.30. The zero-order chi connectivity index (χ0) is 18.1. The van der Waals surface area contributed by atoms with Crippen LogP contribution in [0.15, 0.2) is 48.5 Å². The highest BCUT2D eigenvalue weighted by molar-refractivity contribution is 6.30. The van der Waals surface area contributed by atoms with Crippen molar-refractivity contribution >= 4 is 29.2 Å². The first-order chi connectivity index (χ1) is 12.1. The molecule has 5 nitrogen and oxygen atoms in total. The molecule has 1 N–H and O–H groups in total. The van der Waals surface area contributed by atoms with Gasteiger partial charge < -0.3 is 14.8 Å². The van der Waals surface area contributed by atoms with Crippen LogP contribution in [0.4, 0.5) is 5.69 Å². The van der Waals surface area contributed by atoms with Gasteiger partial charge in [-0.3, -0.25) is 4.79 Å². The Bertz CT molecular complexity index is 698. The molecule has 0 heterocycles. The van der Waals surface area contributed by atoms with Gasteiger partial charge in [-0.1, -0.05) is 24.9 Å². The molecule has 2 rings (SSSR count). The lowest BCUT2D eigenvalue weighted by atomic mass is 10.2. The number of unbranched alkanes of at least 4 members (excludes halogenated alkanes) is 1. The molecule has 0 aliphatic rings. The number of rotatable bonds is 8. The van der Waals surface area contributed by atoms with Gasteiger partial charge in [-0.05, 0) is 55.0 Å². The van der Waals surface area contributed by atoms with E-state index in [1.54, 1.807) is 48.5 Å². The van der Waals surface area contributed by atoms with Crippen molar-refractivity contribution in [1.29, 1.82) is 0 Å². The van der Waals surface area contributed by atoms with Gasteiger partial charge in [0.05, 0.1) is 12.2 Å². The molecule has 0 saturated carbocycles. The number of carbonyl (C=O) groups is 2. The maximum atomic E-state index is 11.9. The molecule has 0 atom stereocenters. The standard InChI is InChI=1S/C19H20ClNO4/c1-2-3-12-24-19(23)14-4-8-16(9-5-14)21-18(22)13-25-17-10-6-15(20)7-11-17/h4-11H,2-3,12-13H2,1H3,(H,21,22). The molecule has 132 valence electrons. The normalized spacial score (nSPS) is 10.2. The van der Waals surface area contributed by atoms with Crippen molar-refractivity contribution in [3.8, 4) is 5.75 Å². The average Bonchev–Trinajstić information content (AvgIpc) is 2.62. The highest BCUT2D eigenvalue weighted by Crippen LogP contribution is 2.16. The lowest BCUT2D eigenvalue weighted by molar-refractivity contribution is -0.118. The smallest absolute Gasteiger partial charge is 0.338 e. The molecule has 0 aliphatic carbocycles. The monoisotopic (exact) mass is 361 g/mol. The molecular formula is C19H20ClNO4. The Hall–Kier alpha value is -2.53. The number of amides is 1. The van der Waals surface area contributed by atoms with Gasteiger partial charge in [-0.2, -0.15) is 0 Å². The summed E-state index contributed by atoms with van der Waals surface area (Å²) in [6, 6.07) is 13.3. The van der Waals surface area contributed by atoms with E-state index in [1.165, 1.54) is 0 Å². The van der Waals surface area contributed by atoms with Crippen LogP contribution in [0.25, 0.3) is 0 Å². The SMILES string of the molecule is CCCCOC(=O)c1ccc(NC(=O)COc2ccc(Cl)cc2)cc1. The molecule has 2 aromatic rings. The Labute approximate surface area is 151 Å². The summed E-state index contributed by atoms with van der Waals surface area (Å²) in [6.45, 7) is 2.32. The summed E-state index contributed by atoms with van der Waals surface area (Å²) in [6.07, 6.45) is 1.81. The number of hydrogen-bond acceptors (Lipinski definition) is 4. The Balaban J connectivity index is 1.80. The van der Waals surface area contributed by atoms with Crippen molar-refractivity contribution in [1.82, 2.24) is 0 Å². The number of anilines is 1. The first-order valence-electron chi connectivity index (χ1n) is 8.04. The van der Waals surface area contributed by atoms with Gasteiger partial charge in [0.1, 0.15) is 5.75 Å². The van der Waals surface area contributed by atoms with Gasteiger partial charge in [0.15, 0.2) is 6.61 Å². The number of hydrogen-bond donors (Lipinski definition) is 1. The fourth-order valence-electron chi connectivity index (χ4n) is 1.96. The molecule has 0 bridgehead atoms. The highest BCUT2D eigenvalue weighted by atomic mass is 35.5. The third-order valence-electron chi connectivity index (χ3n) is 3.32. The second kappa shape index (κ2) is 9.69. The number of esters is 1. The summed E-state index contributed by atoms with van der Waals surface area (Å²) in [4.78, 5) is 23.7. The molecule has 0 saturated heterocycles. The minimum absolute atomic E-state index is 0.123. The van der Waals surface area contributed by atoms with Crippen LogP contribution >= 0.6 is 11.6 Å². The largest absolute Gasteiger partial charge is 0.484 e. The van der Waals surface area contributed by atoms with E-state index in [2.05, 4.69) is 5.32 Å². The van der Waals surface area contributed by atoms with Crippen LogP contribution in [0, 0.1) is 0 Å². The van der Waals surface area contributed by atoms with Gasteiger partial charge in [0, 0.05) is 10.7 Å². The third kappa shape index (κ3) is 6.47. The van der Waals surface area contributed by atoms with Crippen LogP contribution in [-0.2, 0) is 9.53 Å². The molecule has 0 fully saturated rings. The molecule has 25 heavy (non-hydrogen) atoms. The van der Waals surface area contributed by atoms with Crippen LogP contribution in [-0.4, -0.2) is 25.1 Å². The molecule has 1 amide bonds. The summed E-state index contributed by atoms with van der Waals surface area (Å²) in [5.41, 5.74) is 1.03. The van der Waals surface area contributed by atoms with E-state index < -0.39 is 0 Å². The van der Waals surface area contributed by atoms with E-state index in [0.29, 0.717) is 28.6 Å². The van der Waals surface area contributed by atoms with Crippen LogP contribution in [0.3, 0.4) is 0 Å². The van der Waals surface area contributed by atoms with Crippen molar-refractivity contribution in [3.63, 3.8) is 0 Å². The maximum absolute atomic E-state index is 11.9. The van der Waals surface area contributed by atoms with Gasteiger partial charge in [0.2, 0.25) is 0 Å². The summed E-state index contributed by atoms with van der Waals surface area (Å²) >= 11 is 5.78. The van der Waals surface area contributed by atoms with E-state index in [9.17, 15) is 9.59 Å². The fourth-order valence-corrected chi connectivity index (χ4v) is 2.08. The Morgan fingerprint density at radius 2 is 1.72 bits per heavy atom. The predicted octanol–water partition coefficient (Wildman–Crippen LogP) is 4.31. The average molecular weight is 362 g/mol. The molecule has 6 heteroatoms. The van der Waals surface area contributed by atoms with Crippen LogP contribution in [0.1, 0.15) is 30.1 Å². The van der Waals surface area contributed by atoms with Crippen molar-refractivity contribution in [3.05, 3.63) is 59.1 Å². The quantitative estimate of drug-likeness (QED) is 0.562. The zero-order valence-electron chi connectivity index (χ0n) is 14.0. The molecule has 0 aliphatic heterocycles. The summed E-state index contributed by atoms with van der Waals surface area (Å²) in [5.74, 6) is -0.102. The molecule has 0 radical (unpaired) electrons. The molecule has 0 spiro atoms. The predicted molar refractivity (Wildman–Crippen MR) is 97.2 cm³/mol. The number of ether oxygens (including phenoxy) is 2. The topological polar surface area (TPSA) is 64.6 Å². The van der Waals surface area contributed by atoms with Gasteiger partial charge in [0.25, 0.3) is 5.91 Å². The van der Waals surface area contributed by atoms with Crippen molar-refractivity contribution < 1.29 is 19.1 Å². The van der Waals surface area contributed by atoms with E-state index in [4.69, 9.17) is 21.1 Å². The van der Waals surface area contributed by atoms with Crippen LogP contribution < -0.4 is 10.1 Å². The molecule has 2 aromatic carbocycles. The van der Waals surface area contributed by atoms with E-state index in [0.717, 1.165) is 12.8 Å². The van der Waals surface area contributed by atoms with Crippen molar-refractivity contribution in [2.24, 2.45) is 0 Å². The second-order valence-corrected chi connectivity index (χ2v) is 5.79. The number of carbonyl (C=O) groups excluding carboxylic acids is 2. The molecule has 0 aromatic heterocycles. The maximum Gasteiger partial charge on any atom is 0.338 e. The first kappa shape index (κ1) is 18.8. The van der Waals surface area contributed by atoms with E-state index in [-0.39, 0.29) is 18.5 Å². The summed E-state index contributed by atoms with van der Waals surface area (Å²) < 4.78 is 10.5. The Morgan fingerprint density at radius 3 is 2.36 bits per heavy atom. The number of benzene rings is 2. The lowest BCUT2D eigenvalue weighted by Crippen LogP contribution is -2.20. The van der Waals surface area contributed by atoms with Gasteiger partial charge in [-0.25, -0.2) is 4.79 Å². The fraction of sp³-hybridized carbons (Fsp3) is 0.263. The zero-order valence-corrected chi connectivity index (χ0v) is 14.7. The van der Waals surface area contributed by atoms with Gasteiger partial charge in [-0.15, -0.1) is 0 Å². The first-order valence-corrected chi connectivity index (χ1v) is 8.41. The third-order valence-corrected chi connectivity index (χ3v) is 3.57. The Morgan fingerprint density at radius 1 is 1.04 bits per heavy atom. The van der Waals surface area contributed by atoms with Crippen LogP contribution in [0.2, 0.25) is 5.02 Å². The molecular weight excluding hydrogens is 342 g/mol. The summed E-state index contributed by atoms with van der Waals surface area (Å²) in [7, 11) is 0. The minimum Gasteiger partial charge on any atom is -0.484 e. The van der Waals surface area contributed by atoms with E-state index >= 15 is 0 Å². The minimum atomic E-state index is -0.364. The van der Waals surface area contributed by atoms with Crippen molar-refractivity contribution in [2.75, 3.05) is 18.5 Å². The van der Waals surface area contributed by atoms with Gasteiger partial charge >= 0.3 is 5.97 Å². The lowest BCUT2D eigenvalue weighted by Gasteiger charge is -2.08. The van der Waals surface area contributed by atoms with Crippen LogP contribution in [0.5, 0.6) is 5.75 Å². The Kier molecular flexibility index (Phi) is 7.29. The van der Waals surface area contributed by atoms with E-state index in [1.807, 2.05) is 6.92 Å². The second-order valence-electron chi connectivity index (χ2n) is 5.36. The number of halogens is 1. The molecule has 0 unspecified atom stereocenters. The van der Waals surface area contributed by atoms with Crippen molar-refractivity contribution in [2.45, 2.75) is 19.8 Å². The number of nitrogens with one attached hydrogen (secondary N) is 1.